The molecule has 1 amide bonds. The average molecular weight is 316 g/mol. The molecular formula is C15H14N3OS2+. The monoisotopic (exact) mass is 316 g/mol. The lowest BCUT2D eigenvalue weighted by molar-refractivity contribution is -0.676. The van der Waals surface area contributed by atoms with Crippen LogP contribution in [-0.2, 0) is 17.9 Å². The fourth-order valence-electron chi connectivity index (χ4n) is 2.69. The Balaban J connectivity index is 1.91. The van der Waals surface area contributed by atoms with Crippen molar-refractivity contribution in [3.8, 4) is 10.6 Å². The van der Waals surface area contributed by atoms with Crippen LogP contribution in [0, 0.1) is 0 Å². The highest BCUT2D eigenvalue weighted by Gasteiger charge is 2.27. The van der Waals surface area contributed by atoms with Gasteiger partial charge in [-0.25, -0.2) is 4.98 Å². The van der Waals surface area contributed by atoms with E-state index in [2.05, 4.69) is 16.7 Å². The minimum absolute atomic E-state index is 0.0266. The molecule has 1 aliphatic rings. The molecule has 2 aromatic heterocycles. The number of carbonyl (C=O) groups is 1. The first-order chi connectivity index (χ1) is 10.2. The summed E-state index contributed by atoms with van der Waals surface area (Å²) in [6.07, 6.45) is 0. The predicted molar refractivity (Wildman–Crippen MR) is 86.6 cm³/mol. The third-order valence-corrected chi connectivity index (χ3v) is 5.79. The van der Waals surface area contributed by atoms with E-state index in [1.165, 1.54) is 15.1 Å². The van der Waals surface area contributed by atoms with Crippen LogP contribution < -0.4 is 10.6 Å². The molecule has 6 heteroatoms. The van der Waals surface area contributed by atoms with Crippen LogP contribution in [0.5, 0.6) is 0 Å². The summed E-state index contributed by atoms with van der Waals surface area (Å²) in [7, 11) is 0. The average Bonchev–Trinajstić information content (AvgIpc) is 3.10. The van der Waals surface area contributed by atoms with E-state index in [0.717, 1.165) is 34.2 Å². The zero-order valence-corrected chi connectivity index (χ0v) is 13.1. The van der Waals surface area contributed by atoms with Crippen LogP contribution in [0.15, 0.2) is 24.3 Å². The Bertz CT molecular complexity index is 817. The molecule has 1 aliphatic heterocycles. The summed E-state index contributed by atoms with van der Waals surface area (Å²) in [5, 5.41) is 7.22. The van der Waals surface area contributed by atoms with Gasteiger partial charge in [0.1, 0.15) is 23.1 Å². The van der Waals surface area contributed by atoms with Gasteiger partial charge in [-0.3, -0.25) is 4.79 Å². The number of fused-ring (bicyclic) bond motifs is 2. The number of rotatable bonds is 2. The number of nitrogens with two attached hydrogens (primary N) is 1. The van der Waals surface area contributed by atoms with Crippen molar-refractivity contribution in [2.75, 3.05) is 5.32 Å². The topological polar surface area (TPSA) is 58.6 Å². The van der Waals surface area contributed by atoms with Gasteiger partial charge in [-0.2, -0.15) is 0 Å². The van der Waals surface area contributed by atoms with Crippen LogP contribution in [-0.4, -0.2) is 10.9 Å². The minimum Gasteiger partial charge on any atom is -0.338 e. The maximum Gasteiger partial charge on any atom is 0.221 e. The lowest BCUT2D eigenvalue weighted by atomic mass is 10.1. The summed E-state index contributed by atoms with van der Waals surface area (Å²) >= 11 is 3.38. The molecule has 0 unspecified atom stereocenters. The zero-order valence-electron chi connectivity index (χ0n) is 11.5. The van der Waals surface area contributed by atoms with Gasteiger partial charge >= 0.3 is 0 Å². The largest absolute Gasteiger partial charge is 0.338 e. The normalized spacial score (nSPS) is 13.6. The Morgan fingerprint density at radius 2 is 2.14 bits per heavy atom. The van der Waals surface area contributed by atoms with Crippen LogP contribution in [0.1, 0.15) is 17.4 Å². The predicted octanol–water partition coefficient (Wildman–Crippen LogP) is 2.56. The number of hydrogen-bond acceptors (Lipinski definition) is 4. The summed E-state index contributed by atoms with van der Waals surface area (Å²) in [6, 6.07) is 8.16. The van der Waals surface area contributed by atoms with E-state index in [1.54, 1.807) is 29.6 Å². The molecule has 0 atom stereocenters. The van der Waals surface area contributed by atoms with Gasteiger partial charge in [-0.05, 0) is 12.1 Å². The molecule has 0 fully saturated rings. The summed E-state index contributed by atoms with van der Waals surface area (Å²) in [5.41, 5.74) is 3.48. The molecule has 1 aromatic carbocycles. The second kappa shape index (κ2) is 4.91. The lowest BCUT2D eigenvalue weighted by Gasteiger charge is -2.03. The van der Waals surface area contributed by atoms with Crippen molar-refractivity contribution in [1.29, 1.82) is 0 Å². The Kier molecular flexibility index (Phi) is 3.02. The molecule has 4 rings (SSSR count). The van der Waals surface area contributed by atoms with E-state index in [4.69, 9.17) is 4.98 Å². The number of nitrogens with zero attached hydrogens (tertiary/aromatic N) is 1. The van der Waals surface area contributed by atoms with Crippen LogP contribution >= 0.6 is 22.7 Å². The van der Waals surface area contributed by atoms with Crippen molar-refractivity contribution in [3.63, 3.8) is 0 Å². The number of nitrogens with one attached hydrogen (secondary N) is 1. The first-order valence-electron chi connectivity index (χ1n) is 6.82. The summed E-state index contributed by atoms with van der Waals surface area (Å²) in [6.45, 7) is 3.52. The van der Waals surface area contributed by atoms with Crippen molar-refractivity contribution in [2.24, 2.45) is 0 Å². The standard InChI is InChI=1S/C15H13N3OS2/c1-8(19)17-14-13(9-6-16-7-12(9)21-14)15-18-10-4-2-3-5-11(10)20-15/h2-5,16H,6-7H2,1H3,(H,17,19)/p+1. The van der Waals surface area contributed by atoms with Crippen LogP contribution in [0.4, 0.5) is 5.00 Å². The highest BCUT2D eigenvalue weighted by atomic mass is 32.1. The number of benzene rings is 1. The summed E-state index contributed by atoms with van der Waals surface area (Å²) in [4.78, 5) is 17.6. The Morgan fingerprint density at radius 1 is 1.29 bits per heavy atom. The second-order valence-electron chi connectivity index (χ2n) is 5.07. The molecule has 106 valence electrons. The molecule has 3 N–H and O–H groups in total. The number of hydrogen-bond donors (Lipinski definition) is 2. The molecule has 0 radical (unpaired) electrons. The number of para-hydroxylation sites is 1. The van der Waals surface area contributed by atoms with Gasteiger partial charge < -0.3 is 10.6 Å². The Labute approximate surface area is 129 Å². The van der Waals surface area contributed by atoms with Crippen molar-refractivity contribution in [2.45, 2.75) is 20.0 Å². The van der Waals surface area contributed by atoms with Crippen molar-refractivity contribution in [3.05, 3.63) is 34.7 Å². The Morgan fingerprint density at radius 3 is 2.95 bits per heavy atom. The van der Waals surface area contributed by atoms with Crippen LogP contribution in [0.2, 0.25) is 0 Å². The molecule has 4 nitrogen and oxygen atoms in total. The van der Waals surface area contributed by atoms with E-state index in [0.29, 0.717) is 0 Å². The number of quaternary nitrogens is 1. The van der Waals surface area contributed by atoms with E-state index in [9.17, 15) is 4.79 Å². The maximum atomic E-state index is 11.5. The number of thiazole rings is 1. The lowest BCUT2D eigenvalue weighted by Crippen LogP contribution is -2.77. The van der Waals surface area contributed by atoms with Gasteiger partial charge in [0, 0.05) is 12.5 Å². The maximum absolute atomic E-state index is 11.5. The third kappa shape index (κ3) is 2.16. The summed E-state index contributed by atoms with van der Waals surface area (Å²) < 4.78 is 1.18. The summed E-state index contributed by atoms with van der Waals surface area (Å²) in [5.74, 6) is -0.0266. The van der Waals surface area contributed by atoms with E-state index >= 15 is 0 Å². The number of anilines is 1. The number of aromatic nitrogens is 1. The molecule has 3 heterocycles. The first kappa shape index (κ1) is 12.9. The van der Waals surface area contributed by atoms with Gasteiger partial charge in [0.25, 0.3) is 0 Å². The van der Waals surface area contributed by atoms with E-state index in [1.807, 2.05) is 18.2 Å². The molecule has 0 saturated heterocycles. The van der Waals surface area contributed by atoms with Gasteiger partial charge in [0.2, 0.25) is 5.91 Å². The van der Waals surface area contributed by atoms with Crippen LogP contribution in [0.3, 0.4) is 0 Å². The fourth-order valence-corrected chi connectivity index (χ4v) is 5.08. The molecular weight excluding hydrogens is 302 g/mol. The molecule has 0 aliphatic carbocycles. The van der Waals surface area contributed by atoms with Crippen molar-refractivity contribution >= 4 is 43.8 Å². The molecule has 0 spiro atoms. The van der Waals surface area contributed by atoms with Crippen molar-refractivity contribution in [1.82, 2.24) is 4.98 Å². The SMILES string of the molecule is CC(=O)Nc1sc2c(c1-c1nc3ccccc3s1)C[NH2+]C2. The Hall–Kier alpha value is -1.76. The second-order valence-corrected chi connectivity index (χ2v) is 7.21. The third-order valence-electron chi connectivity index (χ3n) is 3.57. The number of amides is 1. The van der Waals surface area contributed by atoms with E-state index < -0.39 is 0 Å². The van der Waals surface area contributed by atoms with Gasteiger partial charge in [0.05, 0.1) is 20.7 Å². The first-order valence-corrected chi connectivity index (χ1v) is 8.45. The molecule has 0 bridgehead atoms. The molecule has 3 aromatic rings. The minimum atomic E-state index is -0.0266. The van der Waals surface area contributed by atoms with Gasteiger partial charge in [0.15, 0.2) is 0 Å². The van der Waals surface area contributed by atoms with Crippen molar-refractivity contribution < 1.29 is 10.1 Å². The zero-order chi connectivity index (χ0) is 14.4. The fraction of sp³-hybridized carbons (Fsp3) is 0.200. The van der Waals surface area contributed by atoms with Gasteiger partial charge in [-0.1, -0.05) is 12.1 Å². The highest BCUT2D eigenvalue weighted by Crippen LogP contribution is 2.44. The highest BCUT2D eigenvalue weighted by molar-refractivity contribution is 7.22. The quantitative estimate of drug-likeness (QED) is 0.763. The van der Waals surface area contributed by atoms with Crippen LogP contribution in [0.25, 0.3) is 20.8 Å². The number of thiophene rings is 1. The number of carbonyl (C=O) groups excluding carboxylic acids is 1. The molecule has 21 heavy (non-hydrogen) atoms. The molecule has 0 saturated carbocycles. The van der Waals surface area contributed by atoms with E-state index in [-0.39, 0.29) is 5.91 Å². The van der Waals surface area contributed by atoms with Gasteiger partial charge in [-0.15, -0.1) is 22.7 Å². The smallest absolute Gasteiger partial charge is 0.221 e.